The van der Waals surface area contributed by atoms with E-state index in [0.29, 0.717) is 5.75 Å². The molecule has 0 fully saturated rings. The van der Waals surface area contributed by atoms with Gasteiger partial charge in [-0.1, -0.05) is 39.5 Å². The van der Waals surface area contributed by atoms with Crippen LogP contribution in [0.25, 0.3) is 0 Å². The second-order valence-corrected chi connectivity index (χ2v) is 2.77. The maximum atomic E-state index is 10.5. The zero-order valence-electron chi connectivity index (χ0n) is 7.61. The molecule has 1 aromatic rings. The van der Waals surface area contributed by atoms with Crippen LogP contribution in [0, 0.1) is 0 Å². The number of rotatable bonds is 2. The van der Waals surface area contributed by atoms with Crippen molar-refractivity contribution in [1.82, 2.24) is 0 Å². The van der Waals surface area contributed by atoms with Crippen LogP contribution >= 0.6 is 0 Å². The fourth-order valence-electron chi connectivity index (χ4n) is 0.612. The van der Waals surface area contributed by atoms with Crippen molar-refractivity contribution in [3.05, 3.63) is 30.3 Å². The summed E-state index contributed by atoms with van der Waals surface area (Å²) in [5, 5.41) is 0. The Hall–Kier alpha value is -0.830. The molecule has 13 heavy (non-hydrogen) atoms. The highest BCUT2D eigenvalue weighted by Crippen LogP contribution is 2.08. The van der Waals surface area contributed by atoms with Crippen LogP contribution in [-0.4, -0.2) is 10.5 Å². The number of hydrogen-bond donors (Lipinski definition) is 0. The van der Waals surface area contributed by atoms with E-state index < -0.39 is 11.1 Å². The quantitative estimate of drug-likeness (QED) is 0.737. The third-order valence-corrected chi connectivity index (χ3v) is 1.38. The summed E-state index contributed by atoms with van der Waals surface area (Å²) < 4.78 is 15.4. The first-order chi connectivity index (χ1) is 5.79. The fraction of sp³-hybridized carbons (Fsp3) is 0.400. The molecule has 0 saturated carbocycles. The van der Waals surface area contributed by atoms with Gasteiger partial charge in [-0.2, -0.15) is 0 Å². The number of hydrogen-bond acceptors (Lipinski definition) is 2. The van der Waals surface area contributed by atoms with E-state index in [1.807, 2.05) is 32.0 Å². The lowest BCUT2D eigenvalue weighted by molar-refractivity contribution is 0.568. The molecule has 0 amide bonds. The molecule has 0 N–H and O–H groups in total. The van der Waals surface area contributed by atoms with Crippen LogP contribution in [-0.2, 0) is 11.1 Å². The molecule has 0 aliphatic heterocycles. The summed E-state index contributed by atoms with van der Waals surface area (Å²) in [6, 6.07) is 9.08. The Morgan fingerprint density at radius 2 is 1.62 bits per heavy atom. The predicted molar refractivity (Wildman–Crippen MR) is 59.2 cm³/mol. The monoisotopic (exact) mass is 202 g/mol. The summed E-state index contributed by atoms with van der Waals surface area (Å²) in [6.45, 7) is 4.00. The lowest BCUT2D eigenvalue weighted by Crippen LogP contribution is -1.95. The second-order valence-electron chi connectivity index (χ2n) is 1.80. The SMILES string of the molecule is C.CC.CS(=O)Oc1ccccc1. The van der Waals surface area contributed by atoms with Crippen LogP contribution in [0.15, 0.2) is 30.3 Å². The van der Waals surface area contributed by atoms with Crippen molar-refractivity contribution in [3.63, 3.8) is 0 Å². The van der Waals surface area contributed by atoms with Gasteiger partial charge in [-0.05, 0) is 12.1 Å². The van der Waals surface area contributed by atoms with Crippen LogP contribution in [0.2, 0.25) is 0 Å². The van der Waals surface area contributed by atoms with E-state index in [1.165, 1.54) is 6.26 Å². The highest BCUT2D eigenvalue weighted by Gasteiger charge is 1.91. The first-order valence-electron chi connectivity index (χ1n) is 3.86. The Morgan fingerprint density at radius 1 is 1.15 bits per heavy atom. The molecule has 0 bridgehead atoms. The minimum Gasteiger partial charge on any atom is -0.401 e. The number of benzene rings is 1. The van der Waals surface area contributed by atoms with E-state index in [0.717, 1.165) is 0 Å². The molecular formula is C10H18O2S. The lowest BCUT2D eigenvalue weighted by atomic mass is 10.3. The highest BCUT2D eigenvalue weighted by molar-refractivity contribution is 7.79. The van der Waals surface area contributed by atoms with E-state index in [2.05, 4.69) is 0 Å². The van der Waals surface area contributed by atoms with Gasteiger partial charge < -0.3 is 4.18 Å². The van der Waals surface area contributed by atoms with Crippen molar-refractivity contribution in [2.75, 3.05) is 6.26 Å². The highest BCUT2D eigenvalue weighted by atomic mass is 32.2. The summed E-state index contributed by atoms with van der Waals surface area (Å²) in [7, 11) is 0. The molecule has 2 nitrogen and oxygen atoms in total. The molecule has 0 aliphatic carbocycles. The lowest BCUT2D eigenvalue weighted by Gasteiger charge is -1.97. The van der Waals surface area contributed by atoms with Gasteiger partial charge in [0.05, 0.1) is 0 Å². The molecule has 1 aromatic carbocycles. The molecule has 0 saturated heterocycles. The van der Waals surface area contributed by atoms with Gasteiger partial charge >= 0.3 is 0 Å². The van der Waals surface area contributed by atoms with Gasteiger partial charge in [-0.25, -0.2) is 4.21 Å². The first-order valence-corrected chi connectivity index (χ1v) is 5.34. The van der Waals surface area contributed by atoms with E-state index in [9.17, 15) is 4.21 Å². The molecular weight excluding hydrogens is 184 g/mol. The molecule has 3 heteroatoms. The van der Waals surface area contributed by atoms with Crippen LogP contribution in [0.4, 0.5) is 0 Å². The van der Waals surface area contributed by atoms with E-state index >= 15 is 0 Å². The smallest absolute Gasteiger partial charge is 0.203 e. The van der Waals surface area contributed by atoms with E-state index in [4.69, 9.17) is 4.18 Å². The molecule has 0 heterocycles. The van der Waals surface area contributed by atoms with Crippen molar-refractivity contribution in [2.24, 2.45) is 0 Å². The van der Waals surface area contributed by atoms with Crippen molar-refractivity contribution >= 4 is 11.1 Å². The van der Waals surface area contributed by atoms with Gasteiger partial charge in [0, 0.05) is 6.26 Å². The van der Waals surface area contributed by atoms with Crippen LogP contribution < -0.4 is 4.18 Å². The van der Waals surface area contributed by atoms with Crippen LogP contribution in [0.3, 0.4) is 0 Å². The minimum absolute atomic E-state index is 0. The van der Waals surface area contributed by atoms with Gasteiger partial charge in [0.25, 0.3) is 0 Å². The summed E-state index contributed by atoms with van der Waals surface area (Å²) in [4.78, 5) is 0. The maximum Gasteiger partial charge on any atom is 0.203 e. The minimum atomic E-state index is -1.22. The third-order valence-electron chi connectivity index (χ3n) is 0.957. The Balaban J connectivity index is 0. The average Bonchev–Trinajstić information content (AvgIpc) is 2.08. The molecule has 1 rings (SSSR count). The molecule has 0 radical (unpaired) electrons. The van der Waals surface area contributed by atoms with Crippen molar-refractivity contribution in [1.29, 1.82) is 0 Å². The Morgan fingerprint density at radius 3 is 2.00 bits per heavy atom. The summed E-state index contributed by atoms with van der Waals surface area (Å²) >= 11 is -1.22. The zero-order chi connectivity index (χ0) is 9.40. The van der Waals surface area contributed by atoms with Gasteiger partial charge in [-0.3, -0.25) is 0 Å². The van der Waals surface area contributed by atoms with Gasteiger partial charge in [0.2, 0.25) is 11.1 Å². The molecule has 0 aromatic heterocycles. The molecule has 76 valence electrons. The van der Waals surface area contributed by atoms with Crippen molar-refractivity contribution < 1.29 is 8.39 Å². The molecule has 0 aliphatic rings. The van der Waals surface area contributed by atoms with Crippen LogP contribution in [0.1, 0.15) is 21.3 Å². The second kappa shape index (κ2) is 9.26. The van der Waals surface area contributed by atoms with Gasteiger partial charge in [-0.15, -0.1) is 0 Å². The Labute approximate surface area is 83.6 Å². The fourth-order valence-corrected chi connectivity index (χ4v) is 0.994. The largest absolute Gasteiger partial charge is 0.401 e. The molecule has 0 spiro atoms. The predicted octanol–water partition coefficient (Wildman–Crippen LogP) is 3.02. The standard InChI is InChI=1S/C7H8O2S.C2H6.CH4/c1-10(8)9-7-5-3-2-4-6-7;1-2;/h2-6H,1H3;1-2H3;1H4. The Bertz CT molecular complexity index is 222. The van der Waals surface area contributed by atoms with Gasteiger partial charge in [0.15, 0.2) is 0 Å². The van der Waals surface area contributed by atoms with Crippen molar-refractivity contribution in [3.8, 4) is 5.75 Å². The van der Waals surface area contributed by atoms with E-state index in [-0.39, 0.29) is 7.43 Å². The number of para-hydroxylation sites is 1. The van der Waals surface area contributed by atoms with Gasteiger partial charge in [0.1, 0.15) is 5.75 Å². The van der Waals surface area contributed by atoms with Crippen LogP contribution in [0.5, 0.6) is 5.75 Å². The maximum absolute atomic E-state index is 10.5. The average molecular weight is 202 g/mol. The normalized spacial score (nSPS) is 10.1. The summed E-state index contributed by atoms with van der Waals surface area (Å²) in [5.74, 6) is 0.642. The summed E-state index contributed by atoms with van der Waals surface area (Å²) in [5.41, 5.74) is 0. The topological polar surface area (TPSA) is 26.3 Å². The molecule has 1 atom stereocenters. The first kappa shape index (κ1) is 14.7. The Kier molecular flexibility index (Phi) is 10.5. The van der Waals surface area contributed by atoms with E-state index in [1.54, 1.807) is 12.1 Å². The van der Waals surface area contributed by atoms with Crippen molar-refractivity contribution in [2.45, 2.75) is 21.3 Å². The molecule has 1 unspecified atom stereocenters. The third kappa shape index (κ3) is 7.53. The summed E-state index contributed by atoms with van der Waals surface area (Å²) in [6.07, 6.45) is 1.49. The zero-order valence-corrected chi connectivity index (χ0v) is 8.43.